The van der Waals surface area contributed by atoms with Crippen molar-refractivity contribution in [2.24, 2.45) is 5.92 Å². The number of hydrogen-bond acceptors (Lipinski definition) is 12. The van der Waals surface area contributed by atoms with E-state index < -0.39 is 31.0 Å². The van der Waals surface area contributed by atoms with Gasteiger partial charge in [0.2, 0.25) is 5.75 Å². The third-order valence-corrected chi connectivity index (χ3v) is 10.0. The van der Waals surface area contributed by atoms with E-state index in [4.69, 9.17) is 18.9 Å². The summed E-state index contributed by atoms with van der Waals surface area (Å²) in [4.78, 5) is 0. The molecule has 5 atom stereocenters. The number of benzene rings is 2. The Kier molecular flexibility index (Phi) is 12.8. The van der Waals surface area contributed by atoms with E-state index in [0.717, 1.165) is 11.1 Å². The van der Waals surface area contributed by atoms with Gasteiger partial charge in [-0.25, -0.2) is 0 Å². The molecule has 3 rings (SSSR count). The van der Waals surface area contributed by atoms with Crippen LogP contribution >= 0.6 is 21.6 Å². The lowest BCUT2D eigenvalue weighted by atomic mass is 9.85. The summed E-state index contributed by atoms with van der Waals surface area (Å²) in [6.07, 6.45) is -0.610. The van der Waals surface area contributed by atoms with Crippen LogP contribution in [0, 0.1) is 5.92 Å². The lowest BCUT2D eigenvalue weighted by Crippen LogP contribution is -2.38. The number of aromatic hydroxyl groups is 2. The smallest absolute Gasteiger partial charge is 0.200 e. The van der Waals surface area contributed by atoms with Gasteiger partial charge in [-0.1, -0.05) is 21.6 Å². The Morgan fingerprint density at radius 1 is 0.900 bits per heavy atom. The molecule has 0 saturated heterocycles. The number of phenols is 2. The molecule has 0 unspecified atom stereocenters. The summed E-state index contributed by atoms with van der Waals surface area (Å²) in [6.45, 7) is -0.587. The highest BCUT2D eigenvalue weighted by molar-refractivity contribution is 8.76. The highest BCUT2D eigenvalue weighted by Crippen LogP contribution is 2.46. The van der Waals surface area contributed by atoms with Crippen LogP contribution in [0.1, 0.15) is 41.2 Å². The zero-order valence-electron chi connectivity index (χ0n) is 23.0. The van der Waals surface area contributed by atoms with Gasteiger partial charge in [-0.05, 0) is 73.1 Å². The molecule has 0 bridgehead atoms. The summed E-state index contributed by atoms with van der Waals surface area (Å²) in [5.41, 5.74) is 2.45. The average Bonchev–Trinajstić information content (AvgIpc) is 2.95. The first-order valence-corrected chi connectivity index (χ1v) is 15.5. The van der Waals surface area contributed by atoms with E-state index in [9.17, 15) is 30.6 Å². The van der Waals surface area contributed by atoms with E-state index >= 15 is 0 Å². The van der Waals surface area contributed by atoms with Gasteiger partial charge >= 0.3 is 0 Å². The summed E-state index contributed by atoms with van der Waals surface area (Å²) >= 11 is 0. The van der Waals surface area contributed by atoms with Crippen LogP contribution in [-0.2, 0) is 17.6 Å². The molecular weight excluding hydrogens is 560 g/mol. The largest absolute Gasteiger partial charge is 0.504 e. The molecule has 6 N–H and O–H groups in total. The zero-order valence-corrected chi connectivity index (χ0v) is 24.6. The number of fused-ring (bicyclic) bond motifs is 1. The van der Waals surface area contributed by atoms with Gasteiger partial charge in [-0.15, -0.1) is 0 Å². The predicted octanol–water partition coefficient (Wildman–Crippen LogP) is 3.18. The Morgan fingerprint density at radius 2 is 1.57 bits per heavy atom. The lowest BCUT2D eigenvalue weighted by molar-refractivity contribution is -0.0808. The fourth-order valence-electron chi connectivity index (χ4n) is 5.00. The average molecular weight is 601 g/mol. The van der Waals surface area contributed by atoms with Crippen molar-refractivity contribution in [2.45, 2.75) is 55.7 Å². The van der Waals surface area contributed by atoms with Crippen LogP contribution in [0.15, 0.2) is 24.3 Å². The second kappa shape index (κ2) is 15.8. The molecule has 0 aromatic heterocycles. The minimum Gasteiger partial charge on any atom is -0.504 e. The number of aryl methyl sites for hydroxylation is 1. The van der Waals surface area contributed by atoms with Crippen molar-refractivity contribution in [2.75, 3.05) is 40.5 Å². The Hall–Kier alpha value is -2.06. The Morgan fingerprint density at radius 3 is 2.17 bits per heavy atom. The van der Waals surface area contributed by atoms with E-state index in [1.54, 1.807) is 24.3 Å². The third-order valence-electron chi connectivity index (χ3n) is 7.15. The van der Waals surface area contributed by atoms with E-state index in [0.29, 0.717) is 30.6 Å². The second-order valence-electron chi connectivity index (χ2n) is 9.65. The third kappa shape index (κ3) is 8.25. The van der Waals surface area contributed by atoms with Crippen LogP contribution in [0.3, 0.4) is 0 Å². The summed E-state index contributed by atoms with van der Waals surface area (Å²) in [5, 5.41) is 62.6. The van der Waals surface area contributed by atoms with Crippen LogP contribution in [0.4, 0.5) is 0 Å². The molecule has 1 aliphatic rings. The summed E-state index contributed by atoms with van der Waals surface area (Å²) < 4.78 is 21.5. The molecular formula is C28H40O10S2. The summed E-state index contributed by atoms with van der Waals surface area (Å²) in [5.74, 6) is 0.306. The minimum atomic E-state index is -0.981. The van der Waals surface area contributed by atoms with Gasteiger partial charge in [-0.3, -0.25) is 0 Å². The molecule has 2 aromatic carbocycles. The number of phenolic OH excluding ortho intramolecular Hbond substituents is 2. The summed E-state index contributed by atoms with van der Waals surface area (Å²) in [6, 6.07) is 6.73. The van der Waals surface area contributed by atoms with Crippen molar-refractivity contribution in [3.05, 3.63) is 41.0 Å². The zero-order chi connectivity index (χ0) is 29.2. The number of methoxy groups -OCH3 is 3. The molecule has 12 heteroatoms. The van der Waals surface area contributed by atoms with E-state index in [1.165, 1.54) is 42.9 Å². The molecule has 0 spiro atoms. The standard InChI is InChI=1S/C28H40O10S2/c1-35-24-11-17-4-5-18(38-15-30)12-21(31)20(8-16-9-25(36-2)28(34)26(10-16)37-3)23(33)14-39-40-27(6-7-29)19(17)13-22(24)32/h9-11,13,18,20-21,23,27,29-34H,4-8,12,14-15H2,1-3H3/t18-,20+,21+,23-,27-/m0/s1. The number of hydrogen-bond donors (Lipinski definition) is 6. The molecule has 40 heavy (non-hydrogen) atoms. The highest BCUT2D eigenvalue weighted by atomic mass is 33.1. The van der Waals surface area contributed by atoms with Crippen molar-refractivity contribution < 1.29 is 49.6 Å². The fourth-order valence-corrected chi connectivity index (χ4v) is 7.90. The molecule has 0 saturated carbocycles. The first kappa shape index (κ1) is 32.5. The molecule has 0 amide bonds. The second-order valence-corrected chi connectivity index (χ2v) is 12.3. The van der Waals surface area contributed by atoms with Crippen molar-refractivity contribution >= 4 is 21.6 Å². The van der Waals surface area contributed by atoms with Crippen LogP contribution in [0.25, 0.3) is 0 Å². The topological polar surface area (TPSA) is 158 Å². The van der Waals surface area contributed by atoms with Gasteiger partial charge in [0.25, 0.3) is 0 Å². The Balaban J connectivity index is 1.96. The monoisotopic (exact) mass is 600 g/mol. The molecule has 224 valence electrons. The van der Waals surface area contributed by atoms with Crippen LogP contribution in [0.5, 0.6) is 28.7 Å². The molecule has 1 heterocycles. The van der Waals surface area contributed by atoms with Crippen LogP contribution in [0.2, 0.25) is 0 Å². The Bertz CT molecular complexity index is 1060. The van der Waals surface area contributed by atoms with Gasteiger partial charge in [0.15, 0.2) is 23.0 Å². The molecule has 1 aliphatic heterocycles. The first-order chi connectivity index (χ1) is 19.3. The van der Waals surface area contributed by atoms with E-state index in [1.807, 2.05) is 0 Å². The van der Waals surface area contributed by atoms with Gasteiger partial charge < -0.3 is 49.6 Å². The summed E-state index contributed by atoms with van der Waals surface area (Å²) in [7, 11) is 7.26. The number of aliphatic hydroxyl groups is 4. The number of rotatable bonds is 9. The van der Waals surface area contributed by atoms with E-state index in [2.05, 4.69) is 0 Å². The maximum Gasteiger partial charge on any atom is 0.200 e. The first-order valence-electron chi connectivity index (χ1n) is 13.1. The number of aliphatic hydroxyl groups excluding tert-OH is 4. The normalized spacial score (nSPS) is 24.2. The Labute approximate surface area is 242 Å². The molecule has 0 radical (unpaired) electrons. The minimum absolute atomic E-state index is 0.00228. The van der Waals surface area contributed by atoms with Crippen molar-refractivity contribution in [3.63, 3.8) is 0 Å². The maximum atomic E-state index is 11.4. The number of ether oxygens (including phenoxy) is 4. The molecule has 0 fully saturated rings. The van der Waals surface area contributed by atoms with Crippen LogP contribution in [-0.4, -0.2) is 89.4 Å². The van der Waals surface area contributed by atoms with Crippen molar-refractivity contribution in [1.82, 2.24) is 0 Å². The van der Waals surface area contributed by atoms with Gasteiger partial charge in [-0.2, -0.15) is 0 Å². The van der Waals surface area contributed by atoms with E-state index in [-0.39, 0.29) is 53.4 Å². The van der Waals surface area contributed by atoms with Gasteiger partial charge in [0, 0.05) is 23.5 Å². The molecule has 10 nitrogen and oxygen atoms in total. The van der Waals surface area contributed by atoms with Crippen LogP contribution < -0.4 is 14.2 Å². The van der Waals surface area contributed by atoms with Gasteiger partial charge in [0.1, 0.15) is 6.79 Å². The predicted molar refractivity (Wildman–Crippen MR) is 154 cm³/mol. The maximum absolute atomic E-state index is 11.4. The van der Waals surface area contributed by atoms with Gasteiger partial charge in [0.05, 0.1) is 39.6 Å². The quantitative estimate of drug-likeness (QED) is 0.185. The van der Waals surface area contributed by atoms with Crippen molar-refractivity contribution in [1.29, 1.82) is 0 Å². The molecule has 0 aliphatic carbocycles. The fraction of sp³-hybridized carbons (Fsp3) is 0.571. The van der Waals surface area contributed by atoms with Crippen molar-refractivity contribution in [3.8, 4) is 28.7 Å². The molecule has 2 aromatic rings. The highest BCUT2D eigenvalue weighted by Gasteiger charge is 2.32. The SMILES string of the molecule is COc1cc2c(cc1O)[C@H](CCO)SSC[C@H](O)[C@H](Cc1cc(OC)c(O)c(OC)c1)[C@H](O)C[C@@H](OCO)CC2. The lowest BCUT2D eigenvalue weighted by Gasteiger charge is -2.30.